The number of methoxy groups -OCH3 is 1. The number of carbonyl (C=O) groups is 2. The minimum Gasteiger partial charge on any atom is -0.496 e. The summed E-state index contributed by atoms with van der Waals surface area (Å²) in [6.45, 7) is 0.904. The first-order chi connectivity index (χ1) is 12.2. The van der Waals surface area contributed by atoms with Crippen LogP contribution in [-0.2, 0) is 22.4 Å². The number of hydrogen-bond donors (Lipinski definition) is 1. The Hall–Kier alpha value is -2.82. The average Bonchev–Trinajstić information content (AvgIpc) is 2.64. The van der Waals surface area contributed by atoms with E-state index in [2.05, 4.69) is 11.4 Å². The van der Waals surface area contributed by atoms with Crippen LogP contribution in [0.2, 0.25) is 0 Å². The number of rotatable bonds is 6. The van der Waals surface area contributed by atoms with Crippen LogP contribution in [0.3, 0.4) is 0 Å². The van der Waals surface area contributed by atoms with Crippen LogP contribution in [0.5, 0.6) is 5.75 Å². The standard InChI is InChI=1S/C20H22N2O3/c1-25-18-9-5-3-7-16(18)14-19(23)21-12-13-22-17-8-4-2-6-15(17)10-11-20(22)24/h2-9H,10-14H2,1H3,(H,21,23). The number of anilines is 1. The zero-order valence-corrected chi connectivity index (χ0v) is 14.3. The van der Waals surface area contributed by atoms with E-state index in [9.17, 15) is 9.59 Å². The van der Waals surface area contributed by atoms with Gasteiger partial charge in [0.15, 0.2) is 0 Å². The first kappa shape index (κ1) is 17.0. The van der Waals surface area contributed by atoms with Crippen molar-refractivity contribution in [3.8, 4) is 5.75 Å². The number of nitrogens with one attached hydrogen (secondary N) is 1. The molecule has 1 aliphatic heterocycles. The summed E-state index contributed by atoms with van der Waals surface area (Å²) in [5.74, 6) is 0.734. The summed E-state index contributed by atoms with van der Waals surface area (Å²) in [4.78, 5) is 26.1. The Kier molecular flexibility index (Phi) is 5.33. The summed E-state index contributed by atoms with van der Waals surface area (Å²) in [5.41, 5.74) is 2.99. The van der Waals surface area contributed by atoms with E-state index in [0.29, 0.717) is 25.3 Å². The maximum Gasteiger partial charge on any atom is 0.227 e. The van der Waals surface area contributed by atoms with Gasteiger partial charge < -0.3 is 15.0 Å². The smallest absolute Gasteiger partial charge is 0.227 e. The summed E-state index contributed by atoms with van der Waals surface area (Å²) in [6.07, 6.45) is 1.56. The molecule has 0 spiro atoms. The predicted molar refractivity (Wildman–Crippen MR) is 96.8 cm³/mol. The second-order valence-electron chi connectivity index (χ2n) is 6.01. The molecule has 2 aromatic carbocycles. The highest BCUT2D eigenvalue weighted by molar-refractivity contribution is 5.96. The van der Waals surface area contributed by atoms with E-state index in [1.807, 2.05) is 42.5 Å². The third kappa shape index (κ3) is 3.99. The molecule has 0 bridgehead atoms. The maximum absolute atomic E-state index is 12.2. The number of fused-ring (bicyclic) bond motifs is 1. The molecule has 3 rings (SSSR count). The Labute approximate surface area is 147 Å². The van der Waals surface area contributed by atoms with E-state index >= 15 is 0 Å². The van der Waals surface area contributed by atoms with Gasteiger partial charge in [0.05, 0.1) is 13.5 Å². The fourth-order valence-corrected chi connectivity index (χ4v) is 3.13. The zero-order valence-electron chi connectivity index (χ0n) is 14.3. The number of benzene rings is 2. The Morgan fingerprint density at radius 2 is 1.88 bits per heavy atom. The van der Waals surface area contributed by atoms with Crippen LogP contribution < -0.4 is 15.0 Å². The summed E-state index contributed by atoms with van der Waals surface area (Å²) in [5, 5.41) is 2.89. The lowest BCUT2D eigenvalue weighted by molar-refractivity contribution is -0.121. The van der Waals surface area contributed by atoms with Crippen molar-refractivity contribution in [2.75, 3.05) is 25.1 Å². The van der Waals surface area contributed by atoms with Crippen LogP contribution in [0.1, 0.15) is 17.5 Å². The minimum absolute atomic E-state index is 0.0813. The number of ether oxygens (including phenoxy) is 1. The van der Waals surface area contributed by atoms with Crippen molar-refractivity contribution in [3.05, 3.63) is 59.7 Å². The molecule has 25 heavy (non-hydrogen) atoms. The SMILES string of the molecule is COc1ccccc1CC(=O)NCCN1C(=O)CCc2ccccc21. The van der Waals surface area contributed by atoms with Crippen molar-refractivity contribution in [3.63, 3.8) is 0 Å². The van der Waals surface area contributed by atoms with E-state index in [4.69, 9.17) is 4.74 Å². The monoisotopic (exact) mass is 338 g/mol. The van der Waals surface area contributed by atoms with Gasteiger partial charge in [0.25, 0.3) is 0 Å². The molecule has 0 atom stereocenters. The fourth-order valence-electron chi connectivity index (χ4n) is 3.13. The third-order valence-electron chi connectivity index (χ3n) is 4.39. The topological polar surface area (TPSA) is 58.6 Å². The van der Waals surface area contributed by atoms with Gasteiger partial charge in [0, 0.05) is 30.8 Å². The molecule has 0 aliphatic carbocycles. The molecule has 2 aromatic rings. The average molecular weight is 338 g/mol. The minimum atomic E-state index is -0.0813. The molecule has 1 N–H and O–H groups in total. The van der Waals surface area contributed by atoms with Crippen LogP contribution in [0, 0.1) is 0 Å². The maximum atomic E-state index is 12.2. The van der Waals surface area contributed by atoms with Gasteiger partial charge in [-0.3, -0.25) is 9.59 Å². The van der Waals surface area contributed by atoms with Gasteiger partial charge in [-0.05, 0) is 24.1 Å². The van der Waals surface area contributed by atoms with Gasteiger partial charge in [-0.1, -0.05) is 36.4 Å². The highest BCUT2D eigenvalue weighted by Crippen LogP contribution is 2.26. The lowest BCUT2D eigenvalue weighted by Crippen LogP contribution is -2.41. The number of aryl methyl sites for hydroxylation is 1. The zero-order chi connectivity index (χ0) is 17.6. The van der Waals surface area contributed by atoms with Crippen molar-refractivity contribution in [2.45, 2.75) is 19.3 Å². The van der Waals surface area contributed by atoms with Crippen LogP contribution in [0.4, 0.5) is 5.69 Å². The Morgan fingerprint density at radius 3 is 2.72 bits per heavy atom. The van der Waals surface area contributed by atoms with E-state index in [-0.39, 0.29) is 18.2 Å². The quantitative estimate of drug-likeness (QED) is 0.879. The number of para-hydroxylation sites is 2. The Balaban J connectivity index is 1.56. The van der Waals surface area contributed by atoms with Crippen molar-refractivity contribution in [1.29, 1.82) is 0 Å². The largest absolute Gasteiger partial charge is 0.496 e. The van der Waals surface area contributed by atoms with E-state index in [1.165, 1.54) is 5.56 Å². The molecular weight excluding hydrogens is 316 g/mol. The van der Waals surface area contributed by atoms with Gasteiger partial charge in [-0.25, -0.2) is 0 Å². The third-order valence-corrected chi connectivity index (χ3v) is 4.39. The molecule has 2 amide bonds. The molecular formula is C20H22N2O3. The second-order valence-corrected chi connectivity index (χ2v) is 6.01. The molecule has 0 saturated carbocycles. The molecule has 0 radical (unpaired) electrons. The lowest BCUT2D eigenvalue weighted by Gasteiger charge is -2.29. The van der Waals surface area contributed by atoms with Crippen molar-refractivity contribution in [2.24, 2.45) is 0 Å². The predicted octanol–water partition coefficient (Wildman–Crippen LogP) is 2.33. The van der Waals surface area contributed by atoms with Crippen LogP contribution in [0.25, 0.3) is 0 Å². The highest BCUT2D eigenvalue weighted by atomic mass is 16.5. The lowest BCUT2D eigenvalue weighted by atomic mass is 10.0. The molecule has 1 aliphatic rings. The summed E-state index contributed by atoms with van der Waals surface area (Å²) in [6, 6.07) is 15.4. The van der Waals surface area contributed by atoms with Gasteiger partial charge in [-0.15, -0.1) is 0 Å². The van der Waals surface area contributed by atoms with Crippen molar-refractivity contribution in [1.82, 2.24) is 5.32 Å². The summed E-state index contributed by atoms with van der Waals surface area (Å²) < 4.78 is 5.27. The van der Waals surface area contributed by atoms with E-state index < -0.39 is 0 Å². The van der Waals surface area contributed by atoms with Crippen LogP contribution >= 0.6 is 0 Å². The number of carbonyl (C=O) groups excluding carboxylic acids is 2. The summed E-state index contributed by atoms with van der Waals surface area (Å²) >= 11 is 0. The first-order valence-electron chi connectivity index (χ1n) is 8.46. The van der Waals surface area contributed by atoms with Gasteiger partial charge in [-0.2, -0.15) is 0 Å². The molecule has 0 saturated heterocycles. The van der Waals surface area contributed by atoms with Crippen LogP contribution in [-0.4, -0.2) is 32.0 Å². The molecule has 0 aromatic heterocycles. The Morgan fingerprint density at radius 1 is 1.12 bits per heavy atom. The van der Waals surface area contributed by atoms with Crippen LogP contribution in [0.15, 0.2) is 48.5 Å². The molecule has 0 unspecified atom stereocenters. The number of nitrogens with zero attached hydrogens (tertiary/aromatic N) is 1. The van der Waals surface area contributed by atoms with Gasteiger partial charge in [0.1, 0.15) is 5.75 Å². The molecule has 5 nitrogen and oxygen atoms in total. The molecule has 1 heterocycles. The highest BCUT2D eigenvalue weighted by Gasteiger charge is 2.23. The normalized spacial score (nSPS) is 13.3. The van der Waals surface area contributed by atoms with E-state index in [0.717, 1.165) is 17.7 Å². The fraction of sp³-hybridized carbons (Fsp3) is 0.300. The first-order valence-corrected chi connectivity index (χ1v) is 8.46. The van der Waals surface area contributed by atoms with Crippen molar-refractivity contribution < 1.29 is 14.3 Å². The van der Waals surface area contributed by atoms with E-state index in [1.54, 1.807) is 12.0 Å². The number of hydrogen-bond acceptors (Lipinski definition) is 3. The molecule has 130 valence electrons. The molecule has 5 heteroatoms. The number of amides is 2. The second kappa shape index (κ2) is 7.83. The molecule has 0 fully saturated rings. The van der Waals surface area contributed by atoms with Gasteiger partial charge in [0.2, 0.25) is 11.8 Å². The summed E-state index contributed by atoms with van der Waals surface area (Å²) in [7, 11) is 1.59. The van der Waals surface area contributed by atoms with Crippen molar-refractivity contribution >= 4 is 17.5 Å². The van der Waals surface area contributed by atoms with Gasteiger partial charge >= 0.3 is 0 Å². The Bertz CT molecular complexity index is 773.